The monoisotopic (exact) mass is 367 g/mol. The number of aromatic nitrogens is 1. The third-order valence-electron chi connectivity index (χ3n) is 2.86. The number of esters is 1. The van der Waals surface area contributed by atoms with Crippen molar-refractivity contribution in [1.82, 2.24) is 4.98 Å². The van der Waals surface area contributed by atoms with Crippen LogP contribution in [0, 0.1) is 5.82 Å². The predicted octanol–water partition coefficient (Wildman–Crippen LogP) is 5.00. The third-order valence-corrected chi connectivity index (χ3v) is 3.48. The van der Waals surface area contributed by atoms with E-state index < -0.39 is 23.5 Å². The van der Waals surface area contributed by atoms with Gasteiger partial charge in [-0.05, 0) is 24.3 Å². The highest BCUT2D eigenvalue weighted by molar-refractivity contribution is 6.34. The van der Waals surface area contributed by atoms with Gasteiger partial charge in [-0.25, -0.2) is 14.2 Å². The van der Waals surface area contributed by atoms with Gasteiger partial charge in [0.05, 0.1) is 28.4 Å². The molecule has 23 heavy (non-hydrogen) atoms. The Bertz CT molecular complexity index is 778. The molecule has 122 valence electrons. The zero-order valence-electron chi connectivity index (χ0n) is 11.3. The molecule has 1 aromatic carbocycles. The van der Waals surface area contributed by atoms with Gasteiger partial charge in [0.15, 0.2) is 5.69 Å². The Hall–Kier alpha value is -1.86. The standard InChI is InChI=1S/C14H7Cl2F4NO2/c1-23-13(22)12-8(15)2-3-11(21-12)6-4-10(17)7(5-9(6)16)14(18,19)20/h2-5H,1H3. The number of ether oxygens (including phenoxy) is 1. The van der Waals surface area contributed by atoms with Crippen LogP contribution < -0.4 is 0 Å². The average molecular weight is 368 g/mol. The molecule has 2 aromatic rings. The summed E-state index contributed by atoms with van der Waals surface area (Å²) in [6.07, 6.45) is -4.88. The van der Waals surface area contributed by atoms with E-state index in [0.717, 1.165) is 7.11 Å². The first kappa shape index (κ1) is 17.5. The van der Waals surface area contributed by atoms with Gasteiger partial charge >= 0.3 is 12.1 Å². The summed E-state index contributed by atoms with van der Waals surface area (Å²) < 4.78 is 56.1. The van der Waals surface area contributed by atoms with Gasteiger partial charge in [0, 0.05) is 5.56 Å². The van der Waals surface area contributed by atoms with E-state index in [0.29, 0.717) is 12.1 Å². The largest absolute Gasteiger partial charge is 0.464 e. The number of halogens is 6. The molecule has 0 saturated heterocycles. The van der Waals surface area contributed by atoms with Crippen molar-refractivity contribution in [1.29, 1.82) is 0 Å². The molecule has 1 heterocycles. The van der Waals surface area contributed by atoms with Gasteiger partial charge in [-0.3, -0.25) is 0 Å². The number of alkyl halides is 3. The van der Waals surface area contributed by atoms with Gasteiger partial charge < -0.3 is 4.74 Å². The molecule has 0 N–H and O–H groups in total. The summed E-state index contributed by atoms with van der Waals surface area (Å²) in [5.74, 6) is -2.35. The van der Waals surface area contributed by atoms with Gasteiger partial charge in [-0.1, -0.05) is 23.2 Å². The van der Waals surface area contributed by atoms with Gasteiger partial charge in [0.2, 0.25) is 0 Å². The van der Waals surface area contributed by atoms with Crippen LogP contribution in [0.15, 0.2) is 24.3 Å². The van der Waals surface area contributed by atoms with E-state index in [4.69, 9.17) is 23.2 Å². The Morgan fingerprint density at radius 3 is 2.39 bits per heavy atom. The minimum Gasteiger partial charge on any atom is -0.464 e. The Labute approximate surface area is 137 Å². The zero-order chi connectivity index (χ0) is 17.4. The molecular weight excluding hydrogens is 361 g/mol. The van der Waals surface area contributed by atoms with Crippen molar-refractivity contribution in [2.75, 3.05) is 7.11 Å². The molecule has 0 spiro atoms. The molecule has 0 bridgehead atoms. The number of hydrogen-bond acceptors (Lipinski definition) is 3. The molecule has 0 amide bonds. The summed E-state index contributed by atoms with van der Waals surface area (Å²) in [6, 6.07) is 3.63. The van der Waals surface area contributed by atoms with Crippen molar-refractivity contribution >= 4 is 29.2 Å². The maximum absolute atomic E-state index is 13.7. The SMILES string of the molecule is COC(=O)c1nc(-c2cc(F)c(C(F)(F)F)cc2Cl)ccc1Cl. The van der Waals surface area contributed by atoms with E-state index in [1.807, 2.05) is 0 Å². The first-order valence-corrected chi connectivity index (χ1v) is 6.72. The van der Waals surface area contributed by atoms with E-state index >= 15 is 0 Å². The van der Waals surface area contributed by atoms with Crippen molar-refractivity contribution in [2.24, 2.45) is 0 Å². The molecule has 2 rings (SSSR count). The first-order chi connectivity index (χ1) is 10.6. The van der Waals surface area contributed by atoms with Crippen LogP contribution in [-0.2, 0) is 10.9 Å². The number of nitrogens with zero attached hydrogens (tertiary/aromatic N) is 1. The fourth-order valence-electron chi connectivity index (χ4n) is 1.79. The van der Waals surface area contributed by atoms with Crippen LogP contribution in [-0.4, -0.2) is 18.1 Å². The molecule has 0 saturated carbocycles. The van der Waals surface area contributed by atoms with E-state index in [9.17, 15) is 22.4 Å². The lowest BCUT2D eigenvalue weighted by molar-refractivity contribution is -0.139. The number of pyridine rings is 1. The normalized spacial score (nSPS) is 11.4. The minimum atomic E-state index is -4.88. The van der Waals surface area contributed by atoms with Crippen LogP contribution in [0.4, 0.5) is 17.6 Å². The van der Waals surface area contributed by atoms with Crippen molar-refractivity contribution < 1.29 is 27.1 Å². The summed E-state index contributed by atoms with van der Waals surface area (Å²) in [5, 5.41) is -0.395. The van der Waals surface area contributed by atoms with Crippen LogP contribution in [0.2, 0.25) is 10.0 Å². The van der Waals surface area contributed by atoms with E-state index in [-0.39, 0.29) is 27.0 Å². The van der Waals surface area contributed by atoms with Crippen LogP contribution in [0.1, 0.15) is 16.1 Å². The Kier molecular flexibility index (Phi) is 4.81. The van der Waals surface area contributed by atoms with Gasteiger partial charge in [-0.15, -0.1) is 0 Å². The highest BCUT2D eigenvalue weighted by Gasteiger charge is 2.35. The summed E-state index contributed by atoms with van der Waals surface area (Å²) >= 11 is 11.6. The Balaban J connectivity index is 2.60. The fourth-order valence-corrected chi connectivity index (χ4v) is 2.24. The maximum atomic E-state index is 13.7. The second-order valence-corrected chi connectivity index (χ2v) is 5.14. The molecule has 0 radical (unpaired) electrons. The highest BCUT2D eigenvalue weighted by Crippen LogP contribution is 2.37. The van der Waals surface area contributed by atoms with Crippen molar-refractivity contribution in [3.63, 3.8) is 0 Å². The molecule has 0 aliphatic carbocycles. The van der Waals surface area contributed by atoms with Crippen molar-refractivity contribution in [3.05, 3.63) is 51.4 Å². The fraction of sp³-hybridized carbons (Fsp3) is 0.143. The predicted molar refractivity (Wildman–Crippen MR) is 76.0 cm³/mol. The highest BCUT2D eigenvalue weighted by atomic mass is 35.5. The van der Waals surface area contributed by atoms with Crippen molar-refractivity contribution in [3.8, 4) is 11.3 Å². The molecule has 0 fully saturated rings. The molecule has 1 aromatic heterocycles. The quantitative estimate of drug-likeness (QED) is 0.553. The van der Waals surface area contributed by atoms with E-state index in [2.05, 4.69) is 9.72 Å². The molecule has 9 heteroatoms. The van der Waals surface area contributed by atoms with Crippen LogP contribution in [0.3, 0.4) is 0 Å². The Morgan fingerprint density at radius 2 is 1.83 bits per heavy atom. The van der Waals surface area contributed by atoms with Crippen molar-refractivity contribution in [2.45, 2.75) is 6.18 Å². The molecule has 3 nitrogen and oxygen atoms in total. The molecule has 0 aliphatic rings. The Morgan fingerprint density at radius 1 is 1.17 bits per heavy atom. The zero-order valence-corrected chi connectivity index (χ0v) is 12.9. The number of rotatable bonds is 2. The topological polar surface area (TPSA) is 39.2 Å². The number of carbonyl (C=O) groups is 1. The van der Waals surface area contributed by atoms with E-state index in [1.54, 1.807) is 0 Å². The number of hydrogen-bond donors (Lipinski definition) is 0. The average Bonchev–Trinajstić information content (AvgIpc) is 2.48. The molecule has 0 atom stereocenters. The van der Waals surface area contributed by atoms with Gasteiger partial charge in [-0.2, -0.15) is 13.2 Å². The third kappa shape index (κ3) is 3.56. The minimum absolute atomic E-state index is 0.0209. The number of carbonyl (C=O) groups excluding carboxylic acids is 1. The smallest absolute Gasteiger partial charge is 0.419 e. The van der Waals surface area contributed by atoms with Crippen LogP contribution in [0.5, 0.6) is 0 Å². The van der Waals surface area contributed by atoms with Crippen LogP contribution >= 0.6 is 23.2 Å². The van der Waals surface area contributed by atoms with Gasteiger partial charge in [0.1, 0.15) is 5.82 Å². The van der Waals surface area contributed by atoms with Crippen LogP contribution in [0.25, 0.3) is 11.3 Å². The molecular formula is C14H7Cl2F4NO2. The second-order valence-electron chi connectivity index (χ2n) is 4.33. The maximum Gasteiger partial charge on any atom is 0.419 e. The summed E-state index contributed by atoms with van der Waals surface area (Å²) in [6.45, 7) is 0. The molecule has 0 unspecified atom stereocenters. The summed E-state index contributed by atoms with van der Waals surface area (Å²) in [5.41, 5.74) is -1.89. The number of benzene rings is 1. The van der Waals surface area contributed by atoms with E-state index in [1.165, 1.54) is 12.1 Å². The molecule has 0 aliphatic heterocycles. The lowest BCUT2D eigenvalue weighted by Gasteiger charge is -2.12. The number of methoxy groups -OCH3 is 1. The first-order valence-electron chi connectivity index (χ1n) is 5.96. The lowest BCUT2D eigenvalue weighted by atomic mass is 10.1. The summed E-state index contributed by atoms with van der Waals surface area (Å²) in [4.78, 5) is 15.4. The second kappa shape index (κ2) is 6.33. The summed E-state index contributed by atoms with van der Waals surface area (Å²) in [7, 11) is 1.11. The van der Waals surface area contributed by atoms with Gasteiger partial charge in [0.25, 0.3) is 0 Å². The lowest BCUT2D eigenvalue weighted by Crippen LogP contribution is -2.09.